The molecule has 112 valence electrons. The molecule has 0 aromatic carbocycles. The Morgan fingerprint density at radius 1 is 1.53 bits per heavy atom. The van der Waals surface area contributed by atoms with Crippen LogP contribution in [0.3, 0.4) is 0 Å². The number of nitrogens with two attached hydrogens (primary N) is 1. The molecule has 0 aromatic rings. The van der Waals surface area contributed by atoms with Crippen LogP contribution in [0.15, 0.2) is 0 Å². The van der Waals surface area contributed by atoms with Crippen LogP contribution in [-0.4, -0.2) is 42.5 Å². The van der Waals surface area contributed by atoms with E-state index in [0.717, 1.165) is 18.8 Å². The number of likely N-dealkylation sites (N-methyl/N-ethyl adjacent to an activating group) is 1. The number of nitrogens with zero attached hydrogens (tertiary/aromatic N) is 1. The van der Waals surface area contributed by atoms with Gasteiger partial charge in [-0.2, -0.15) is 0 Å². The van der Waals surface area contributed by atoms with Crippen LogP contribution in [0.1, 0.15) is 52.9 Å². The molecule has 0 bridgehead atoms. The Morgan fingerprint density at radius 3 is 2.63 bits per heavy atom. The molecule has 0 aliphatic heterocycles. The van der Waals surface area contributed by atoms with Crippen LogP contribution in [0, 0.1) is 5.92 Å². The highest BCUT2D eigenvalue weighted by Crippen LogP contribution is 2.35. The van der Waals surface area contributed by atoms with Crippen LogP contribution in [0.25, 0.3) is 0 Å². The van der Waals surface area contributed by atoms with Gasteiger partial charge in [0, 0.05) is 12.1 Å². The molecule has 0 saturated heterocycles. The van der Waals surface area contributed by atoms with E-state index in [1.54, 1.807) is 6.92 Å². The molecule has 3 unspecified atom stereocenters. The maximum absolute atomic E-state index is 12.1. The highest BCUT2D eigenvalue weighted by Gasteiger charge is 2.38. The zero-order valence-corrected chi connectivity index (χ0v) is 13.3. The largest absolute Gasteiger partial charge is 0.353 e. The molecule has 3 N–H and O–H groups in total. The quantitative estimate of drug-likeness (QED) is 0.799. The molecule has 0 heterocycles. The van der Waals surface area contributed by atoms with Gasteiger partial charge in [-0.3, -0.25) is 4.79 Å². The maximum Gasteiger partial charge on any atom is 0.239 e. The van der Waals surface area contributed by atoms with Gasteiger partial charge in [0.25, 0.3) is 0 Å². The van der Waals surface area contributed by atoms with Gasteiger partial charge in [0.1, 0.15) is 0 Å². The summed E-state index contributed by atoms with van der Waals surface area (Å²) in [6.45, 7) is 6.76. The average molecular weight is 269 g/mol. The number of hydrogen-bond donors (Lipinski definition) is 2. The third-order valence-electron chi connectivity index (χ3n) is 4.85. The molecule has 3 atom stereocenters. The second-order valence-electron chi connectivity index (χ2n) is 6.77. The summed E-state index contributed by atoms with van der Waals surface area (Å²) in [5, 5.41) is 3.08. The molecule has 1 saturated carbocycles. The van der Waals surface area contributed by atoms with E-state index in [2.05, 4.69) is 31.2 Å². The Hall–Kier alpha value is -0.610. The van der Waals surface area contributed by atoms with Crippen molar-refractivity contribution in [2.45, 2.75) is 64.0 Å². The van der Waals surface area contributed by atoms with E-state index in [0.29, 0.717) is 13.0 Å². The highest BCUT2D eigenvalue weighted by atomic mass is 16.2. The van der Waals surface area contributed by atoms with Crippen molar-refractivity contribution >= 4 is 5.91 Å². The standard InChI is InChI=1S/C15H31N3O/c1-6-14(3,16)13(19)17-11-15(18(4)5)9-7-8-12(2)10-15/h12H,6-11,16H2,1-5H3,(H,17,19). The second kappa shape index (κ2) is 6.23. The molecule has 1 fully saturated rings. The van der Waals surface area contributed by atoms with Crippen LogP contribution in [0.4, 0.5) is 0 Å². The van der Waals surface area contributed by atoms with E-state index < -0.39 is 5.54 Å². The molecule has 1 aliphatic carbocycles. The number of rotatable bonds is 5. The smallest absolute Gasteiger partial charge is 0.239 e. The van der Waals surface area contributed by atoms with Crippen LogP contribution >= 0.6 is 0 Å². The third-order valence-corrected chi connectivity index (χ3v) is 4.85. The Labute approximate surface area is 118 Å². The molecular formula is C15H31N3O. The summed E-state index contributed by atoms with van der Waals surface area (Å²) in [5.74, 6) is 0.693. The van der Waals surface area contributed by atoms with Crippen molar-refractivity contribution in [3.63, 3.8) is 0 Å². The van der Waals surface area contributed by atoms with Crippen LogP contribution in [0.5, 0.6) is 0 Å². The Balaban J connectivity index is 2.68. The van der Waals surface area contributed by atoms with Gasteiger partial charge in [0.05, 0.1) is 5.54 Å². The molecule has 1 rings (SSSR count). The monoisotopic (exact) mass is 269 g/mol. The minimum absolute atomic E-state index is 0.0329. The first-order valence-corrected chi connectivity index (χ1v) is 7.48. The van der Waals surface area contributed by atoms with Gasteiger partial charge in [0.15, 0.2) is 0 Å². The maximum atomic E-state index is 12.1. The SMILES string of the molecule is CCC(C)(N)C(=O)NCC1(N(C)C)CCCC(C)C1. The van der Waals surface area contributed by atoms with Gasteiger partial charge in [0.2, 0.25) is 5.91 Å². The van der Waals surface area contributed by atoms with E-state index in [1.807, 2.05) is 6.92 Å². The average Bonchev–Trinajstić information content (AvgIpc) is 2.35. The molecule has 4 heteroatoms. The number of hydrogen-bond acceptors (Lipinski definition) is 3. The molecule has 0 spiro atoms. The molecule has 1 aliphatic rings. The fourth-order valence-corrected chi connectivity index (χ4v) is 2.96. The summed E-state index contributed by atoms with van der Waals surface area (Å²) >= 11 is 0. The molecule has 4 nitrogen and oxygen atoms in total. The molecule has 1 amide bonds. The first-order valence-electron chi connectivity index (χ1n) is 7.48. The van der Waals surface area contributed by atoms with E-state index in [4.69, 9.17) is 5.73 Å². The van der Waals surface area contributed by atoms with Gasteiger partial charge in [-0.1, -0.05) is 26.7 Å². The normalized spacial score (nSPS) is 31.0. The zero-order valence-electron chi connectivity index (χ0n) is 13.3. The molecule has 0 aromatic heterocycles. The highest BCUT2D eigenvalue weighted by molar-refractivity contribution is 5.85. The Morgan fingerprint density at radius 2 is 2.16 bits per heavy atom. The topological polar surface area (TPSA) is 58.4 Å². The molecular weight excluding hydrogens is 238 g/mol. The molecule has 19 heavy (non-hydrogen) atoms. The van der Waals surface area contributed by atoms with Crippen molar-refractivity contribution in [2.75, 3.05) is 20.6 Å². The summed E-state index contributed by atoms with van der Waals surface area (Å²) in [4.78, 5) is 14.4. The van der Waals surface area contributed by atoms with E-state index in [9.17, 15) is 4.79 Å². The van der Waals surface area contributed by atoms with E-state index in [1.165, 1.54) is 12.8 Å². The van der Waals surface area contributed by atoms with Crippen molar-refractivity contribution < 1.29 is 4.79 Å². The van der Waals surface area contributed by atoms with Crippen molar-refractivity contribution in [1.29, 1.82) is 0 Å². The van der Waals surface area contributed by atoms with Crippen LogP contribution < -0.4 is 11.1 Å². The Kier molecular flexibility index (Phi) is 5.39. The van der Waals surface area contributed by atoms with Gasteiger partial charge >= 0.3 is 0 Å². The van der Waals surface area contributed by atoms with Crippen molar-refractivity contribution in [3.05, 3.63) is 0 Å². The summed E-state index contributed by atoms with van der Waals surface area (Å²) in [5.41, 5.74) is 5.33. The van der Waals surface area contributed by atoms with Crippen LogP contribution in [0.2, 0.25) is 0 Å². The number of amides is 1. The molecule has 0 radical (unpaired) electrons. The predicted molar refractivity (Wildman–Crippen MR) is 79.9 cm³/mol. The first kappa shape index (κ1) is 16.4. The lowest BCUT2D eigenvalue weighted by Crippen LogP contribution is -2.59. The lowest BCUT2D eigenvalue weighted by molar-refractivity contribution is -0.126. The lowest BCUT2D eigenvalue weighted by atomic mass is 9.75. The van der Waals surface area contributed by atoms with Crippen molar-refractivity contribution in [3.8, 4) is 0 Å². The summed E-state index contributed by atoms with van der Waals surface area (Å²) in [6, 6.07) is 0. The fraction of sp³-hybridized carbons (Fsp3) is 0.933. The number of carbonyl (C=O) groups excluding carboxylic acids is 1. The number of nitrogens with one attached hydrogen (secondary N) is 1. The first-order chi connectivity index (χ1) is 8.73. The summed E-state index contributed by atoms with van der Waals surface area (Å²) in [6.07, 6.45) is 5.49. The van der Waals surface area contributed by atoms with E-state index >= 15 is 0 Å². The van der Waals surface area contributed by atoms with Crippen LogP contribution in [-0.2, 0) is 4.79 Å². The third kappa shape index (κ3) is 3.93. The van der Waals surface area contributed by atoms with Gasteiger partial charge in [-0.05, 0) is 46.2 Å². The van der Waals surface area contributed by atoms with E-state index in [-0.39, 0.29) is 11.4 Å². The Bertz CT molecular complexity index is 315. The lowest BCUT2D eigenvalue weighted by Gasteiger charge is -2.45. The van der Waals surface area contributed by atoms with Gasteiger partial charge in [-0.25, -0.2) is 0 Å². The minimum Gasteiger partial charge on any atom is -0.353 e. The zero-order chi connectivity index (χ0) is 14.7. The van der Waals surface area contributed by atoms with Gasteiger partial charge < -0.3 is 16.0 Å². The second-order valence-corrected chi connectivity index (χ2v) is 6.77. The van der Waals surface area contributed by atoms with Crippen molar-refractivity contribution in [1.82, 2.24) is 10.2 Å². The van der Waals surface area contributed by atoms with Gasteiger partial charge in [-0.15, -0.1) is 0 Å². The summed E-state index contributed by atoms with van der Waals surface area (Å²) < 4.78 is 0. The minimum atomic E-state index is -0.756. The fourth-order valence-electron chi connectivity index (χ4n) is 2.96. The summed E-state index contributed by atoms with van der Waals surface area (Å²) in [7, 11) is 4.23. The van der Waals surface area contributed by atoms with Crippen molar-refractivity contribution in [2.24, 2.45) is 11.7 Å². The number of carbonyl (C=O) groups is 1. The predicted octanol–water partition coefficient (Wildman–Crippen LogP) is 1.74.